The van der Waals surface area contributed by atoms with E-state index in [0.29, 0.717) is 17.1 Å². The monoisotopic (exact) mass is 321 g/mol. The summed E-state index contributed by atoms with van der Waals surface area (Å²) >= 11 is 0. The van der Waals surface area contributed by atoms with Gasteiger partial charge in [-0.2, -0.15) is 0 Å². The minimum absolute atomic E-state index is 0.195. The maximum Gasteiger partial charge on any atom is 0.233 e. The van der Waals surface area contributed by atoms with Crippen LogP contribution < -0.4 is 10.1 Å². The first-order valence-electron chi connectivity index (χ1n) is 8.23. The molecule has 122 valence electrons. The van der Waals surface area contributed by atoms with E-state index in [4.69, 9.17) is 4.74 Å². The number of rotatable bonds is 3. The number of nitrogens with one attached hydrogen (secondary N) is 1. The van der Waals surface area contributed by atoms with Crippen LogP contribution in [0.1, 0.15) is 12.8 Å². The van der Waals surface area contributed by atoms with Crippen molar-refractivity contribution in [2.24, 2.45) is 0 Å². The quantitative estimate of drug-likeness (QED) is 0.776. The molecule has 0 amide bonds. The lowest BCUT2D eigenvalue weighted by molar-refractivity contribution is 0.154. The van der Waals surface area contributed by atoms with Crippen LogP contribution in [0.5, 0.6) is 11.6 Å². The summed E-state index contributed by atoms with van der Waals surface area (Å²) in [6.45, 7) is 1.95. The van der Waals surface area contributed by atoms with Gasteiger partial charge in [0.15, 0.2) is 0 Å². The van der Waals surface area contributed by atoms with Gasteiger partial charge in [0.2, 0.25) is 5.88 Å². The standard InChI is InChI=1S/C19H19N3O2/c23-18-12-14-4-2-1-3-13(14)11-16(18)17-5-6-19(22-21-17)24-15-7-9-20-10-8-15/h1-6,11-12,15,20,23H,7-10H2. The third kappa shape index (κ3) is 3.03. The molecule has 5 nitrogen and oxygen atoms in total. The van der Waals surface area contributed by atoms with Gasteiger partial charge >= 0.3 is 0 Å². The Morgan fingerprint density at radius 2 is 1.71 bits per heavy atom. The summed E-state index contributed by atoms with van der Waals surface area (Å²) in [5.41, 5.74) is 1.31. The highest BCUT2D eigenvalue weighted by atomic mass is 16.5. The molecule has 2 heterocycles. The van der Waals surface area contributed by atoms with Crippen molar-refractivity contribution in [3.05, 3.63) is 48.5 Å². The lowest BCUT2D eigenvalue weighted by Gasteiger charge is -2.22. The van der Waals surface area contributed by atoms with E-state index in [2.05, 4.69) is 15.5 Å². The summed E-state index contributed by atoms with van der Waals surface area (Å²) in [7, 11) is 0. The van der Waals surface area contributed by atoms with Gasteiger partial charge in [-0.25, -0.2) is 0 Å². The van der Waals surface area contributed by atoms with Crippen LogP contribution in [0.4, 0.5) is 0 Å². The van der Waals surface area contributed by atoms with Gasteiger partial charge in [0, 0.05) is 11.6 Å². The molecule has 5 heteroatoms. The third-order valence-electron chi connectivity index (χ3n) is 4.35. The molecule has 0 radical (unpaired) electrons. The molecule has 0 spiro atoms. The molecule has 1 aliphatic heterocycles. The van der Waals surface area contributed by atoms with E-state index >= 15 is 0 Å². The molecule has 0 unspecified atom stereocenters. The first-order chi connectivity index (χ1) is 11.8. The number of fused-ring (bicyclic) bond motifs is 1. The molecule has 0 atom stereocenters. The molecule has 1 fully saturated rings. The van der Waals surface area contributed by atoms with Crippen molar-refractivity contribution in [1.29, 1.82) is 0 Å². The largest absolute Gasteiger partial charge is 0.507 e. The average Bonchev–Trinajstić information content (AvgIpc) is 2.63. The number of ether oxygens (including phenoxy) is 1. The predicted molar refractivity (Wildman–Crippen MR) is 93.2 cm³/mol. The molecule has 1 saturated heterocycles. The molecule has 0 saturated carbocycles. The van der Waals surface area contributed by atoms with Crippen LogP contribution in [0, 0.1) is 0 Å². The number of nitrogens with zero attached hydrogens (tertiary/aromatic N) is 2. The molecule has 2 aromatic carbocycles. The Labute approximate surface area is 140 Å². The Morgan fingerprint density at radius 3 is 2.42 bits per heavy atom. The van der Waals surface area contributed by atoms with Crippen molar-refractivity contribution in [1.82, 2.24) is 15.5 Å². The van der Waals surface area contributed by atoms with E-state index in [9.17, 15) is 5.11 Å². The van der Waals surface area contributed by atoms with Gasteiger partial charge in [-0.3, -0.25) is 0 Å². The highest BCUT2D eigenvalue weighted by Crippen LogP contribution is 2.32. The average molecular weight is 321 g/mol. The second-order valence-corrected chi connectivity index (χ2v) is 6.04. The molecular weight excluding hydrogens is 302 g/mol. The van der Waals surface area contributed by atoms with Crippen molar-refractivity contribution in [3.8, 4) is 22.9 Å². The van der Waals surface area contributed by atoms with Crippen LogP contribution in [-0.4, -0.2) is 34.5 Å². The van der Waals surface area contributed by atoms with E-state index in [1.54, 1.807) is 6.07 Å². The van der Waals surface area contributed by atoms with Crippen LogP contribution in [0.25, 0.3) is 22.0 Å². The number of hydrogen-bond acceptors (Lipinski definition) is 5. The van der Waals surface area contributed by atoms with Gasteiger partial charge in [-0.1, -0.05) is 24.3 Å². The van der Waals surface area contributed by atoms with E-state index in [0.717, 1.165) is 36.7 Å². The second kappa shape index (κ2) is 6.45. The van der Waals surface area contributed by atoms with Crippen LogP contribution in [0.15, 0.2) is 48.5 Å². The molecule has 3 aromatic rings. The molecular formula is C19H19N3O2. The molecule has 4 rings (SSSR count). The minimum atomic E-state index is 0.195. The van der Waals surface area contributed by atoms with E-state index in [-0.39, 0.29) is 11.9 Å². The number of aromatic nitrogens is 2. The zero-order valence-corrected chi connectivity index (χ0v) is 13.3. The van der Waals surface area contributed by atoms with Crippen LogP contribution in [-0.2, 0) is 0 Å². The Balaban J connectivity index is 1.59. The number of benzene rings is 2. The lowest BCUT2D eigenvalue weighted by atomic mass is 10.0. The van der Waals surface area contributed by atoms with E-state index in [1.165, 1.54) is 0 Å². The first kappa shape index (κ1) is 14.9. The minimum Gasteiger partial charge on any atom is -0.507 e. The fraction of sp³-hybridized carbons (Fsp3) is 0.263. The van der Waals surface area contributed by atoms with Crippen molar-refractivity contribution in [2.45, 2.75) is 18.9 Å². The van der Waals surface area contributed by atoms with Gasteiger partial charge in [0.25, 0.3) is 0 Å². The smallest absolute Gasteiger partial charge is 0.233 e. The van der Waals surface area contributed by atoms with E-state index < -0.39 is 0 Å². The van der Waals surface area contributed by atoms with Crippen molar-refractivity contribution >= 4 is 10.8 Å². The summed E-state index contributed by atoms with van der Waals surface area (Å²) in [6, 6.07) is 15.3. The summed E-state index contributed by atoms with van der Waals surface area (Å²) in [4.78, 5) is 0. The van der Waals surface area contributed by atoms with Crippen molar-refractivity contribution < 1.29 is 9.84 Å². The molecule has 24 heavy (non-hydrogen) atoms. The van der Waals surface area contributed by atoms with Gasteiger partial charge in [-0.15, -0.1) is 10.2 Å². The molecule has 0 aliphatic carbocycles. The number of phenolic OH excluding ortho intramolecular Hbond substituents is 1. The Bertz CT molecular complexity index is 843. The van der Waals surface area contributed by atoms with Crippen molar-refractivity contribution in [2.75, 3.05) is 13.1 Å². The van der Waals surface area contributed by atoms with Gasteiger partial charge in [-0.05, 0) is 54.9 Å². The number of aromatic hydroxyl groups is 1. The predicted octanol–water partition coefficient (Wildman–Crippen LogP) is 3.13. The summed E-state index contributed by atoms with van der Waals surface area (Å²) in [5, 5.41) is 24.0. The van der Waals surface area contributed by atoms with Crippen LogP contribution >= 0.6 is 0 Å². The maximum atomic E-state index is 10.3. The zero-order chi connectivity index (χ0) is 16.4. The number of phenols is 1. The summed E-state index contributed by atoms with van der Waals surface area (Å²) in [5.74, 6) is 0.737. The molecule has 0 bridgehead atoms. The summed E-state index contributed by atoms with van der Waals surface area (Å²) < 4.78 is 5.87. The van der Waals surface area contributed by atoms with Gasteiger partial charge in [0.05, 0.1) is 5.69 Å². The van der Waals surface area contributed by atoms with Crippen LogP contribution in [0.2, 0.25) is 0 Å². The molecule has 1 aromatic heterocycles. The van der Waals surface area contributed by atoms with Crippen LogP contribution in [0.3, 0.4) is 0 Å². The normalized spacial score (nSPS) is 15.5. The zero-order valence-electron chi connectivity index (χ0n) is 13.3. The Kier molecular flexibility index (Phi) is 4.01. The molecule has 2 N–H and O–H groups in total. The molecule has 1 aliphatic rings. The third-order valence-corrected chi connectivity index (χ3v) is 4.35. The van der Waals surface area contributed by atoms with Gasteiger partial charge < -0.3 is 15.2 Å². The Morgan fingerprint density at radius 1 is 0.958 bits per heavy atom. The summed E-state index contributed by atoms with van der Waals surface area (Å²) in [6.07, 6.45) is 2.16. The second-order valence-electron chi connectivity index (χ2n) is 6.04. The fourth-order valence-electron chi connectivity index (χ4n) is 3.04. The first-order valence-corrected chi connectivity index (χ1v) is 8.23. The fourth-order valence-corrected chi connectivity index (χ4v) is 3.04. The topological polar surface area (TPSA) is 67.3 Å². The lowest BCUT2D eigenvalue weighted by Crippen LogP contribution is -2.34. The SMILES string of the molecule is Oc1cc2ccccc2cc1-c1ccc(OC2CCNCC2)nn1. The highest BCUT2D eigenvalue weighted by molar-refractivity contribution is 5.89. The maximum absolute atomic E-state index is 10.3. The Hall–Kier alpha value is -2.66. The van der Waals surface area contributed by atoms with E-state index in [1.807, 2.05) is 42.5 Å². The van der Waals surface area contributed by atoms with Gasteiger partial charge in [0.1, 0.15) is 11.9 Å². The van der Waals surface area contributed by atoms with Crippen molar-refractivity contribution in [3.63, 3.8) is 0 Å². The number of hydrogen-bond donors (Lipinski definition) is 2. The highest BCUT2D eigenvalue weighted by Gasteiger charge is 2.15. The number of piperidine rings is 1.